The van der Waals surface area contributed by atoms with E-state index in [-0.39, 0.29) is 18.4 Å². The highest BCUT2D eigenvalue weighted by molar-refractivity contribution is 5.99. The number of para-hydroxylation sites is 1. The van der Waals surface area contributed by atoms with Crippen molar-refractivity contribution in [3.63, 3.8) is 0 Å². The zero-order valence-corrected chi connectivity index (χ0v) is 14.3. The van der Waals surface area contributed by atoms with E-state index >= 15 is 0 Å². The van der Waals surface area contributed by atoms with E-state index in [2.05, 4.69) is 28.6 Å². The quantitative estimate of drug-likeness (QED) is 0.799. The molecule has 0 radical (unpaired) electrons. The maximum Gasteiger partial charge on any atom is 0.268 e. The van der Waals surface area contributed by atoms with Gasteiger partial charge in [-0.15, -0.1) is 0 Å². The average Bonchev–Trinajstić information content (AvgIpc) is 3.04. The molecule has 1 aliphatic carbocycles. The summed E-state index contributed by atoms with van der Waals surface area (Å²) in [6.07, 6.45) is 3.33. The van der Waals surface area contributed by atoms with Crippen LogP contribution in [0.3, 0.4) is 0 Å². The van der Waals surface area contributed by atoms with Crippen LogP contribution in [0.4, 0.5) is 0 Å². The molecular formula is C19H22N4O2. The minimum Gasteiger partial charge on any atom is -0.351 e. The Labute approximate surface area is 146 Å². The van der Waals surface area contributed by atoms with E-state index in [0.29, 0.717) is 24.5 Å². The van der Waals surface area contributed by atoms with Crippen molar-refractivity contribution in [2.75, 3.05) is 6.54 Å². The van der Waals surface area contributed by atoms with Gasteiger partial charge in [-0.25, -0.2) is 0 Å². The number of aromatic nitrogens is 1. The summed E-state index contributed by atoms with van der Waals surface area (Å²) in [7, 11) is 0. The van der Waals surface area contributed by atoms with Crippen molar-refractivity contribution < 1.29 is 9.59 Å². The number of amides is 2. The highest BCUT2D eigenvalue weighted by Gasteiger charge is 2.36. The molecule has 6 nitrogen and oxygen atoms in total. The van der Waals surface area contributed by atoms with Gasteiger partial charge in [0.15, 0.2) is 0 Å². The number of hydrogen-bond donors (Lipinski definition) is 3. The van der Waals surface area contributed by atoms with E-state index < -0.39 is 5.54 Å². The Hall–Kier alpha value is -2.81. The lowest BCUT2D eigenvalue weighted by Gasteiger charge is -2.35. The topological polar surface area (TPSA) is 97.8 Å². The molecule has 0 aliphatic heterocycles. The zero-order valence-electron chi connectivity index (χ0n) is 14.3. The standard InChI is InChI=1S/C19H22N4O2/c1-13-5-4-8-19(10-13,12-20)23-17(24)11-21-18(25)16-9-14-6-2-3-7-15(14)22-16/h2-3,6-7,9,13,22H,4-5,8,10-11H2,1H3,(H,21,25)(H,23,24). The van der Waals surface area contributed by atoms with Crippen molar-refractivity contribution in [2.24, 2.45) is 5.92 Å². The highest BCUT2D eigenvalue weighted by Crippen LogP contribution is 2.31. The molecular weight excluding hydrogens is 316 g/mol. The van der Waals surface area contributed by atoms with E-state index in [9.17, 15) is 14.9 Å². The predicted octanol–water partition coefficient (Wildman–Crippen LogP) is 2.49. The van der Waals surface area contributed by atoms with Crippen LogP contribution in [-0.2, 0) is 4.79 Å². The molecule has 1 aromatic heterocycles. The first kappa shape index (κ1) is 17.0. The lowest BCUT2D eigenvalue weighted by Crippen LogP contribution is -2.52. The first-order chi connectivity index (χ1) is 12.0. The van der Waals surface area contributed by atoms with Crippen LogP contribution >= 0.6 is 0 Å². The smallest absolute Gasteiger partial charge is 0.268 e. The van der Waals surface area contributed by atoms with E-state index in [4.69, 9.17) is 0 Å². The maximum atomic E-state index is 12.2. The molecule has 0 saturated heterocycles. The molecule has 6 heteroatoms. The minimum absolute atomic E-state index is 0.147. The molecule has 3 rings (SSSR count). The molecule has 1 fully saturated rings. The summed E-state index contributed by atoms with van der Waals surface area (Å²) < 4.78 is 0. The van der Waals surface area contributed by atoms with Gasteiger partial charge in [-0.1, -0.05) is 31.5 Å². The second-order valence-electron chi connectivity index (χ2n) is 6.90. The van der Waals surface area contributed by atoms with E-state index in [1.807, 2.05) is 24.3 Å². The van der Waals surface area contributed by atoms with Gasteiger partial charge in [0.2, 0.25) is 5.91 Å². The fourth-order valence-corrected chi connectivity index (χ4v) is 3.56. The summed E-state index contributed by atoms with van der Waals surface area (Å²) in [5, 5.41) is 15.9. The second-order valence-corrected chi connectivity index (χ2v) is 6.90. The monoisotopic (exact) mass is 338 g/mol. The molecule has 25 heavy (non-hydrogen) atoms. The Morgan fingerprint density at radius 3 is 2.92 bits per heavy atom. The molecule has 130 valence electrons. The number of H-pyrrole nitrogens is 1. The number of benzene rings is 1. The van der Waals surface area contributed by atoms with Gasteiger partial charge in [-0.2, -0.15) is 5.26 Å². The van der Waals surface area contributed by atoms with E-state index in [1.165, 1.54) is 0 Å². The van der Waals surface area contributed by atoms with Crippen LogP contribution in [0.2, 0.25) is 0 Å². The number of nitriles is 1. The van der Waals surface area contributed by atoms with Crippen molar-refractivity contribution in [3.05, 3.63) is 36.0 Å². The summed E-state index contributed by atoms with van der Waals surface area (Å²) in [5.41, 5.74) is 0.479. The summed E-state index contributed by atoms with van der Waals surface area (Å²) in [5.74, 6) is -0.260. The number of aromatic amines is 1. The molecule has 1 aliphatic rings. The van der Waals surface area contributed by atoms with Crippen LogP contribution in [0.15, 0.2) is 30.3 Å². The number of rotatable bonds is 4. The first-order valence-corrected chi connectivity index (χ1v) is 8.59. The summed E-state index contributed by atoms with van der Waals surface area (Å²) in [6, 6.07) is 11.6. The van der Waals surface area contributed by atoms with Gasteiger partial charge in [-0.05, 0) is 37.3 Å². The normalized spacial score (nSPS) is 23.0. The summed E-state index contributed by atoms with van der Waals surface area (Å²) in [4.78, 5) is 27.5. The lowest BCUT2D eigenvalue weighted by molar-refractivity contribution is -0.121. The number of nitrogens with one attached hydrogen (secondary N) is 3. The number of carbonyl (C=O) groups is 2. The summed E-state index contributed by atoms with van der Waals surface area (Å²) >= 11 is 0. The van der Waals surface area contributed by atoms with Gasteiger partial charge in [-0.3, -0.25) is 9.59 Å². The number of hydrogen-bond acceptors (Lipinski definition) is 3. The molecule has 2 atom stereocenters. The molecule has 1 aromatic carbocycles. The maximum absolute atomic E-state index is 12.2. The van der Waals surface area contributed by atoms with Crippen LogP contribution in [0.25, 0.3) is 10.9 Å². The third-order valence-corrected chi connectivity index (χ3v) is 4.77. The number of fused-ring (bicyclic) bond motifs is 1. The molecule has 3 N–H and O–H groups in total. The van der Waals surface area contributed by atoms with Crippen molar-refractivity contribution >= 4 is 22.7 Å². The van der Waals surface area contributed by atoms with Crippen LogP contribution in [0.1, 0.15) is 43.1 Å². The van der Waals surface area contributed by atoms with Gasteiger partial charge in [0.05, 0.1) is 12.6 Å². The molecule has 0 bridgehead atoms. The Morgan fingerprint density at radius 2 is 2.20 bits per heavy atom. The van der Waals surface area contributed by atoms with Crippen LogP contribution in [-0.4, -0.2) is 28.9 Å². The lowest BCUT2D eigenvalue weighted by atomic mass is 9.77. The Balaban J connectivity index is 1.58. The summed E-state index contributed by atoms with van der Waals surface area (Å²) in [6.45, 7) is 1.95. The van der Waals surface area contributed by atoms with Gasteiger partial charge in [0.25, 0.3) is 5.91 Å². The Morgan fingerprint density at radius 1 is 1.40 bits per heavy atom. The molecule has 0 spiro atoms. The largest absolute Gasteiger partial charge is 0.351 e. The molecule has 2 aromatic rings. The third-order valence-electron chi connectivity index (χ3n) is 4.77. The minimum atomic E-state index is -0.805. The van der Waals surface area contributed by atoms with Crippen LogP contribution in [0, 0.1) is 17.2 Å². The van der Waals surface area contributed by atoms with Crippen molar-refractivity contribution in [1.29, 1.82) is 5.26 Å². The fourth-order valence-electron chi connectivity index (χ4n) is 3.56. The first-order valence-electron chi connectivity index (χ1n) is 8.59. The molecule has 2 amide bonds. The van der Waals surface area contributed by atoms with Crippen LogP contribution < -0.4 is 10.6 Å². The average molecular weight is 338 g/mol. The fraction of sp³-hybridized carbons (Fsp3) is 0.421. The molecule has 1 heterocycles. The van der Waals surface area contributed by atoms with Gasteiger partial charge in [0, 0.05) is 10.9 Å². The Bertz CT molecular complexity index is 802. The number of nitrogens with zero attached hydrogens (tertiary/aromatic N) is 1. The van der Waals surface area contributed by atoms with E-state index in [1.54, 1.807) is 6.07 Å². The van der Waals surface area contributed by atoms with Gasteiger partial charge < -0.3 is 15.6 Å². The van der Waals surface area contributed by atoms with Gasteiger partial charge >= 0.3 is 0 Å². The molecule has 2 unspecified atom stereocenters. The molecule has 1 saturated carbocycles. The zero-order chi connectivity index (χ0) is 17.9. The van der Waals surface area contributed by atoms with Crippen molar-refractivity contribution in [1.82, 2.24) is 15.6 Å². The van der Waals surface area contributed by atoms with Gasteiger partial charge in [0.1, 0.15) is 11.2 Å². The predicted molar refractivity (Wildman–Crippen MR) is 94.8 cm³/mol. The highest BCUT2D eigenvalue weighted by atomic mass is 16.2. The SMILES string of the molecule is CC1CCCC(C#N)(NC(=O)CNC(=O)c2cc3ccccc3[nH]2)C1. The van der Waals surface area contributed by atoms with E-state index in [0.717, 1.165) is 23.7 Å². The third kappa shape index (κ3) is 3.82. The number of carbonyl (C=O) groups excluding carboxylic acids is 2. The van der Waals surface area contributed by atoms with Crippen molar-refractivity contribution in [2.45, 2.75) is 38.1 Å². The van der Waals surface area contributed by atoms with Crippen LogP contribution in [0.5, 0.6) is 0 Å². The van der Waals surface area contributed by atoms with Crippen molar-refractivity contribution in [3.8, 4) is 6.07 Å². The Kier molecular flexibility index (Phi) is 4.75. The second kappa shape index (κ2) is 6.98.